The Hall–Kier alpha value is -1.42. The van der Waals surface area contributed by atoms with Crippen molar-refractivity contribution in [3.63, 3.8) is 0 Å². The van der Waals surface area contributed by atoms with Gasteiger partial charge in [0.1, 0.15) is 0 Å². The average molecular weight is 273 g/mol. The van der Waals surface area contributed by atoms with E-state index in [-0.39, 0.29) is 0 Å². The number of nitrogens with zero attached hydrogens (tertiary/aromatic N) is 2. The molecule has 1 N–H and O–H groups in total. The van der Waals surface area contributed by atoms with E-state index >= 15 is 0 Å². The van der Waals surface area contributed by atoms with Crippen LogP contribution in [0.5, 0.6) is 0 Å². The Morgan fingerprint density at radius 3 is 2.84 bits per heavy atom. The van der Waals surface area contributed by atoms with E-state index in [2.05, 4.69) is 53.4 Å². The fourth-order valence-electron chi connectivity index (χ4n) is 2.44. The largest absolute Gasteiger partial charge is 0.381 e. The maximum atomic E-state index is 4.22. The molecule has 2 heterocycles. The monoisotopic (exact) mass is 273 g/mol. The van der Waals surface area contributed by atoms with Crippen LogP contribution in [0.15, 0.2) is 42.7 Å². The Morgan fingerprint density at radius 1 is 1.37 bits per heavy atom. The van der Waals surface area contributed by atoms with Crippen molar-refractivity contribution in [2.24, 2.45) is 0 Å². The van der Waals surface area contributed by atoms with E-state index in [1.807, 2.05) is 23.1 Å². The van der Waals surface area contributed by atoms with E-state index in [0.717, 1.165) is 11.8 Å². The minimum atomic E-state index is 0.622. The number of hydrogen-bond donors (Lipinski definition) is 1. The minimum Gasteiger partial charge on any atom is -0.381 e. The predicted molar refractivity (Wildman–Crippen MR) is 81.7 cm³/mol. The van der Waals surface area contributed by atoms with Gasteiger partial charge < -0.3 is 5.32 Å². The number of hydrogen-bond acceptors (Lipinski definition) is 3. The van der Waals surface area contributed by atoms with Gasteiger partial charge in [-0.1, -0.05) is 19.1 Å². The molecule has 1 saturated heterocycles. The van der Waals surface area contributed by atoms with Crippen LogP contribution < -0.4 is 5.32 Å². The molecule has 1 aromatic carbocycles. The van der Waals surface area contributed by atoms with Crippen molar-refractivity contribution in [3.8, 4) is 0 Å². The summed E-state index contributed by atoms with van der Waals surface area (Å²) in [5, 5.41) is 8.63. The van der Waals surface area contributed by atoms with Gasteiger partial charge in [0.2, 0.25) is 0 Å². The summed E-state index contributed by atoms with van der Waals surface area (Å²) in [5.74, 6) is 1.22. The minimum absolute atomic E-state index is 0.622. The van der Waals surface area contributed by atoms with E-state index in [4.69, 9.17) is 0 Å². The third-order valence-electron chi connectivity index (χ3n) is 3.43. The lowest BCUT2D eigenvalue weighted by Gasteiger charge is -2.13. The van der Waals surface area contributed by atoms with E-state index < -0.39 is 0 Å². The first-order valence-electron chi connectivity index (χ1n) is 6.74. The van der Waals surface area contributed by atoms with Crippen molar-refractivity contribution in [1.29, 1.82) is 0 Å². The second kappa shape index (κ2) is 5.70. The van der Waals surface area contributed by atoms with Crippen molar-refractivity contribution < 1.29 is 0 Å². The molecule has 1 aliphatic heterocycles. The van der Waals surface area contributed by atoms with Crippen molar-refractivity contribution in [2.75, 3.05) is 11.1 Å². The molecule has 4 heteroatoms. The smallest absolute Gasteiger partial charge is 0.0659 e. The van der Waals surface area contributed by atoms with Crippen LogP contribution >= 0.6 is 11.8 Å². The second-order valence-corrected chi connectivity index (χ2v) is 6.59. The molecule has 0 radical (unpaired) electrons. The molecule has 1 aromatic heterocycles. The average Bonchev–Trinajstić information content (AvgIpc) is 3.04. The second-order valence-electron chi connectivity index (χ2n) is 5.12. The molecular weight excluding hydrogens is 254 g/mol. The van der Waals surface area contributed by atoms with Crippen LogP contribution in [0.3, 0.4) is 0 Å². The number of rotatable bonds is 4. The fourth-order valence-corrected chi connectivity index (χ4v) is 3.59. The van der Waals surface area contributed by atoms with Crippen LogP contribution in [0.25, 0.3) is 0 Å². The third kappa shape index (κ3) is 3.32. The van der Waals surface area contributed by atoms with Gasteiger partial charge in [-0.2, -0.15) is 16.9 Å². The van der Waals surface area contributed by atoms with Crippen molar-refractivity contribution >= 4 is 17.4 Å². The number of anilines is 1. The lowest BCUT2D eigenvalue weighted by molar-refractivity contribution is 0.687. The Kier molecular flexibility index (Phi) is 3.78. The zero-order chi connectivity index (χ0) is 13.1. The van der Waals surface area contributed by atoms with Crippen LogP contribution in [0.4, 0.5) is 5.69 Å². The van der Waals surface area contributed by atoms with E-state index in [1.165, 1.54) is 23.4 Å². The summed E-state index contributed by atoms with van der Waals surface area (Å²) in [4.78, 5) is 0. The highest BCUT2D eigenvalue weighted by Crippen LogP contribution is 2.28. The summed E-state index contributed by atoms with van der Waals surface area (Å²) in [7, 11) is 0. The first-order chi connectivity index (χ1) is 9.29. The number of benzene rings is 1. The van der Waals surface area contributed by atoms with Crippen molar-refractivity contribution in [2.45, 2.75) is 31.2 Å². The van der Waals surface area contributed by atoms with Crippen LogP contribution in [0.2, 0.25) is 0 Å². The predicted octanol–water partition coefficient (Wildman–Crippen LogP) is 3.24. The van der Waals surface area contributed by atoms with Crippen molar-refractivity contribution in [1.82, 2.24) is 9.78 Å². The summed E-state index contributed by atoms with van der Waals surface area (Å²) in [6, 6.07) is 11.3. The lowest BCUT2D eigenvalue weighted by Crippen LogP contribution is -2.18. The van der Waals surface area contributed by atoms with Crippen LogP contribution in [0, 0.1) is 0 Å². The molecule has 2 unspecified atom stereocenters. The quantitative estimate of drug-likeness (QED) is 0.927. The summed E-state index contributed by atoms with van der Waals surface area (Å²) in [6.45, 7) is 3.14. The number of nitrogens with one attached hydrogen (secondary N) is 1. The first kappa shape index (κ1) is 12.6. The van der Waals surface area contributed by atoms with Gasteiger partial charge in [0.25, 0.3) is 0 Å². The number of thioether (sulfide) groups is 1. The maximum Gasteiger partial charge on any atom is 0.0659 e. The highest BCUT2D eigenvalue weighted by atomic mass is 32.2. The van der Waals surface area contributed by atoms with Gasteiger partial charge in [0.15, 0.2) is 0 Å². The van der Waals surface area contributed by atoms with Gasteiger partial charge in [-0.15, -0.1) is 0 Å². The Balaban J connectivity index is 1.59. The molecule has 0 amide bonds. The Labute approximate surface area is 118 Å². The lowest BCUT2D eigenvalue weighted by atomic mass is 10.1. The van der Waals surface area contributed by atoms with Crippen LogP contribution in [0.1, 0.15) is 18.9 Å². The Morgan fingerprint density at radius 2 is 2.21 bits per heavy atom. The highest BCUT2D eigenvalue weighted by molar-refractivity contribution is 8.00. The highest BCUT2D eigenvalue weighted by Gasteiger charge is 2.21. The first-order valence-corrected chi connectivity index (χ1v) is 7.79. The van der Waals surface area contributed by atoms with Gasteiger partial charge in [-0.05, 0) is 30.2 Å². The fraction of sp³-hybridized carbons (Fsp3) is 0.400. The molecule has 19 heavy (non-hydrogen) atoms. The molecule has 2 aromatic rings. The zero-order valence-corrected chi connectivity index (χ0v) is 11.9. The van der Waals surface area contributed by atoms with Crippen LogP contribution in [-0.4, -0.2) is 26.8 Å². The number of aromatic nitrogens is 2. The van der Waals surface area contributed by atoms with Gasteiger partial charge in [0, 0.05) is 35.1 Å². The molecule has 2 atom stereocenters. The van der Waals surface area contributed by atoms with E-state index in [0.29, 0.717) is 6.04 Å². The van der Waals surface area contributed by atoms with Gasteiger partial charge in [-0.25, -0.2) is 0 Å². The molecule has 100 valence electrons. The molecule has 3 nitrogen and oxygen atoms in total. The SMILES string of the molecule is CC1CC(Nc2ccc(Cn3cccn3)cc2)CS1. The molecule has 1 fully saturated rings. The molecule has 0 aliphatic carbocycles. The van der Waals surface area contributed by atoms with E-state index in [9.17, 15) is 0 Å². The normalized spacial score (nSPS) is 22.6. The zero-order valence-electron chi connectivity index (χ0n) is 11.1. The van der Waals surface area contributed by atoms with E-state index in [1.54, 1.807) is 0 Å². The molecule has 0 bridgehead atoms. The summed E-state index contributed by atoms with van der Waals surface area (Å²) < 4.78 is 1.94. The summed E-state index contributed by atoms with van der Waals surface area (Å²) in [5.41, 5.74) is 2.51. The van der Waals surface area contributed by atoms with Gasteiger partial charge >= 0.3 is 0 Å². The maximum absolute atomic E-state index is 4.22. The molecule has 0 saturated carbocycles. The van der Waals surface area contributed by atoms with Gasteiger partial charge in [-0.3, -0.25) is 4.68 Å². The summed E-state index contributed by atoms with van der Waals surface area (Å²) in [6.07, 6.45) is 5.07. The summed E-state index contributed by atoms with van der Waals surface area (Å²) >= 11 is 2.06. The molecule has 1 aliphatic rings. The molecular formula is C15H19N3S. The Bertz CT molecular complexity index is 507. The molecule has 0 spiro atoms. The molecule has 3 rings (SSSR count). The topological polar surface area (TPSA) is 29.9 Å². The third-order valence-corrected chi connectivity index (χ3v) is 4.78. The standard InChI is InChI=1S/C15H19N3S/c1-12-9-15(11-19-12)17-14-5-3-13(4-6-14)10-18-8-2-7-16-18/h2-8,12,15,17H,9-11H2,1H3. The van der Waals surface area contributed by atoms with Crippen LogP contribution in [-0.2, 0) is 6.54 Å². The van der Waals surface area contributed by atoms with Crippen molar-refractivity contribution in [3.05, 3.63) is 48.3 Å². The van der Waals surface area contributed by atoms with Gasteiger partial charge in [0.05, 0.1) is 6.54 Å².